The average molecular weight is 501 g/mol. The molecule has 0 N–H and O–H groups in total. The minimum absolute atomic E-state index is 0.204. The Labute approximate surface area is 218 Å². The van der Waals surface area contributed by atoms with Crippen LogP contribution >= 0.6 is 0 Å². The lowest BCUT2D eigenvalue weighted by atomic mass is 9.46. The van der Waals surface area contributed by atoms with Crippen molar-refractivity contribution >= 4 is 17.7 Å². The highest BCUT2D eigenvalue weighted by Gasteiger charge is 2.62. The number of esters is 2. The van der Waals surface area contributed by atoms with Crippen LogP contribution in [0.25, 0.3) is 0 Å². The van der Waals surface area contributed by atoms with Crippen LogP contribution in [0.2, 0.25) is 0 Å². The molecule has 4 aliphatic carbocycles. The summed E-state index contributed by atoms with van der Waals surface area (Å²) in [6.07, 6.45) is 10.5. The second-order valence-electron chi connectivity index (χ2n) is 13.5. The van der Waals surface area contributed by atoms with Gasteiger partial charge in [-0.15, -0.1) is 0 Å². The smallest absolute Gasteiger partial charge is 0.303 e. The van der Waals surface area contributed by atoms with Gasteiger partial charge < -0.3 is 9.47 Å². The van der Waals surface area contributed by atoms with Gasteiger partial charge in [0.1, 0.15) is 6.10 Å². The van der Waals surface area contributed by atoms with E-state index in [1.807, 2.05) is 6.08 Å². The lowest BCUT2D eigenvalue weighted by Gasteiger charge is -2.58. The summed E-state index contributed by atoms with van der Waals surface area (Å²) in [5.41, 5.74) is 0.762. The Morgan fingerprint density at radius 3 is 2.33 bits per heavy atom. The van der Waals surface area contributed by atoms with Crippen molar-refractivity contribution in [1.29, 1.82) is 0 Å². The zero-order chi connectivity index (χ0) is 26.4. The second kappa shape index (κ2) is 10.3. The van der Waals surface area contributed by atoms with Gasteiger partial charge in [-0.05, 0) is 79.1 Å². The quantitative estimate of drug-likeness (QED) is 0.365. The molecule has 36 heavy (non-hydrogen) atoms. The number of hydrogen-bond donors (Lipinski definition) is 0. The molecule has 0 bridgehead atoms. The molecule has 0 aromatic carbocycles. The van der Waals surface area contributed by atoms with Crippen LogP contribution in [0.15, 0.2) is 11.6 Å². The van der Waals surface area contributed by atoms with E-state index in [-0.39, 0.29) is 17.2 Å². The van der Waals surface area contributed by atoms with Gasteiger partial charge >= 0.3 is 11.9 Å². The molecule has 0 radical (unpaired) electrons. The standard InChI is InChI=1S/C31H48O5/c1-18(2)9-8-10-19(3)23-11-12-24-22-15-27(34)26-16-28(35-20(4)32)29(36-21(5)33)17-31(26,7)25(22)13-14-30(23,24)6/h16,18-19,22-25,28-29H,8-15,17H2,1-7H3/t19-,22+,23-,24+,25+,28+,29-,30-,31-/m1/s1. The number of hydrogen-bond acceptors (Lipinski definition) is 5. The molecule has 0 aromatic heterocycles. The van der Waals surface area contributed by atoms with Gasteiger partial charge in [0.05, 0.1) is 0 Å². The number of Topliss-reactive ketones (excluding diaryl/α,β-unsaturated/α-hetero) is 1. The van der Waals surface area contributed by atoms with Gasteiger partial charge in [0.25, 0.3) is 0 Å². The highest BCUT2D eigenvalue weighted by atomic mass is 16.6. The summed E-state index contributed by atoms with van der Waals surface area (Å²) in [6.45, 7) is 14.6. The van der Waals surface area contributed by atoms with Crippen LogP contribution < -0.4 is 0 Å². The predicted molar refractivity (Wildman–Crippen MR) is 140 cm³/mol. The van der Waals surface area contributed by atoms with Gasteiger partial charge in [-0.1, -0.05) is 53.9 Å². The third kappa shape index (κ3) is 4.92. The summed E-state index contributed by atoms with van der Waals surface area (Å²) in [4.78, 5) is 37.3. The van der Waals surface area contributed by atoms with E-state index in [2.05, 4.69) is 34.6 Å². The first kappa shape index (κ1) is 27.4. The van der Waals surface area contributed by atoms with Gasteiger partial charge in [-0.25, -0.2) is 0 Å². The van der Waals surface area contributed by atoms with Crippen LogP contribution in [0.4, 0.5) is 0 Å². The number of carbonyl (C=O) groups is 3. The maximum atomic E-state index is 13.6. The Morgan fingerprint density at radius 2 is 1.69 bits per heavy atom. The number of rotatable bonds is 7. The fourth-order valence-electron chi connectivity index (χ4n) is 9.20. The largest absolute Gasteiger partial charge is 0.458 e. The van der Waals surface area contributed by atoms with Gasteiger partial charge in [-0.3, -0.25) is 14.4 Å². The Hall–Kier alpha value is -1.65. The Kier molecular flexibility index (Phi) is 7.80. The monoisotopic (exact) mass is 500 g/mol. The summed E-state index contributed by atoms with van der Waals surface area (Å²) in [6, 6.07) is 0. The maximum absolute atomic E-state index is 13.6. The molecule has 3 saturated carbocycles. The zero-order valence-corrected chi connectivity index (χ0v) is 23.6. The second-order valence-corrected chi connectivity index (χ2v) is 13.5. The number of allylic oxidation sites excluding steroid dienone is 1. The van der Waals surface area contributed by atoms with Crippen molar-refractivity contribution in [3.05, 3.63) is 11.6 Å². The lowest BCUT2D eigenvalue weighted by Crippen LogP contribution is -2.56. The van der Waals surface area contributed by atoms with Gasteiger partial charge in [0.15, 0.2) is 11.9 Å². The first-order valence-electron chi connectivity index (χ1n) is 14.5. The molecule has 0 saturated heterocycles. The van der Waals surface area contributed by atoms with E-state index < -0.39 is 18.2 Å². The zero-order valence-electron chi connectivity index (χ0n) is 23.6. The highest BCUT2D eigenvalue weighted by Crippen LogP contribution is 2.67. The normalized spacial score (nSPS) is 40.6. The van der Waals surface area contributed by atoms with Crippen molar-refractivity contribution < 1.29 is 23.9 Å². The number of carbonyl (C=O) groups excluding carboxylic acids is 3. The van der Waals surface area contributed by atoms with Crippen molar-refractivity contribution in [1.82, 2.24) is 0 Å². The van der Waals surface area contributed by atoms with Crippen molar-refractivity contribution in [2.75, 3.05) is 0 Å². The van der Waals surface area contributed by atoms with E-state index in [0.717, 1.165) is 29.7 Å². The molecule has 9 atom stereocenters. The molecule has 4 rings (SSSR count). The van der Waals surface area contributed by atoms with Gasteiger partial charge in [0.2, 0.25) is 0 Å². The van der Waals surface area contributed by atoms with E-state index in [1.165, 1.54) is 52.4 Å². The topological polar surface area (TPSA) is 69.7 Å². The third-order valence-corrected chi connectivity index (χ3v) is 10.7. The summed E-state index contributed by atoms with van der Waals surface area (Å²) < 4.78 is 11.2. The molecule has 0 aromatic rings. The van der Waals surface area contributed by atoms with E-state index >= 15 is 0 Å². The fraction of sp³-hybridized carbons (Fsp3) is 0.839. The molecule has 0 spiro atoms. The van der Waals surface area contributed by atoms with Crippen LogP contribution in [0.1, 0.15) is 106 Å². The molecule has 4 aliphatic rings. The molecule has 202 valence electrons. The van der Waals surface area contributed by atoms with Crippen molar-refractivity contribution in [3.8, 4) is 0 Å². The van der Waals surface area contributed by atoms with E-state index in [9.17, 15) is 14.4 Å². The first-order valence-corrected chi connectivity index (χ1v) is 14.5. The third-order valence-electron chi connectivity index (χ3n) is 10.7. The summed E-state index contributed by atoms with van der Waals surface area (Å²) >= 11 is 0. The van der Waals surface area contributed by atoms with Crippen LogP contribution in [0.5, 0.6) is 0 Å². The van der Waals surface area contributed by atoms with Gasteiger partial charge in [0, 0.05) is 31.3 Å². The SMILES string of the molecule is CC(=O)O[C@H]1C=C2C(=O)C[C@H]3[C@@H]4CC[C@H]([C@H](C)CCCC(C)C)[C@@]4(C)CC[C@@H]3[C@@]2(C)C[C@H]1OC(C)=O. The van der Waals surface area contributed by atoms with Crippen molar-refractivity contribution in [2.24, 2.45) is 46.3 Å². The molecule has 0 heterocycles. The van der Waals surface area contributed by atoms with Crippen molar-refractivity contribution in [2.45, 2.75) is 118 Å². The van der Waals surface area contributed by atoms with Crippen LogP contribution in [-0.4, -0.2) is 29.9 Å². The maximum Gasteiger partial charge on any atom is 0.303 e. The molecule has 0 unspecified atom stereocenters. The van der Waals surface area contributed by atoms with Crippen LogP contribution in [0.3, 0.4) is 0 Å². The summed E-state index contributed by atoms with van der Waals surface area (Å²) in [5, 5.41) is 0. The number of fused-ring (bicyclic) bond motifs is 5. The average Bonchev–Trinajstić information content (AvgIpc) is 3.11. The van der Waals surface area contributed by atoms with Gasteiger partial charge in [-0.2, -0.15) is 0 Å². The minimum atomic E-state index is -0.689. The predicted octanol–water partition coefficient (Wildman–Crippen LogP) is 6.68. The first-order chi connectivity index (χ1) is 16.9. The molecule has 0 aliphatic heterocycles. The molecule has 0 amide bonds. The summed E-state index contributed by atoms with van der Waals surface area (Å²) in [7, 11) is 0. The molecule has 5 nitrogen and oxygen atoms in total. The van der Waals surface area contributed by atoms with Crippen molar-refractivity contribution in [3.63, 3.8) is 0 Å². The number of ketones is 1. The Morgan fingerprint density at radius 1 is 1.00 bits per heavy atom. The molecule has 3 fully saturated rings. The molecule has 5 heteroatoms. The Balaban J connectivity index is 1.58. The molecular formula is C31H48O5. The lowest BCUT2D eigenvalue weighted by molar-refractivity contribution is -0.168. The van der Waals surface area contributed by atoms with Crippen LogP contribution in [-0.2, 0) is 23.9 Å². The minimum Gasteiger partial charge on any atom is -0.458 e. The van der Waals surface area contributed by atoms with E-state index in [4.69, 9.17) is 9.47 Å². The summed E-state index contributed by atoms with van der Waals surface area (Å²) in [5.74, 6) is 2.99. The highest BCUT2D eigenvalue weighted by molar-refractivity contribution is 5.98. The fourth-order valence-corrected chi connectivity index (χ4v) is 9.20. The van der Waals surface area contributed by atoms with Crippen LogP contribution in [0, 0.1) is 46.3 Å². The molecular weight excluding hydrogens is 452 g/mol. The number of ether oxygens (including phenoxy) is 2. The van der Waals surface area contributed by atoms with E-state index in [1.54, 1.807) is 0 Å². The Bertz CT molecular complexity index is 905. The van der Waals surface area contributed by atoms with E-state index in [0.29, 0.717) is 36.0 Å².